The number of carbonyl (C=O) groups is 1. The summed E-state index contributed by atoms with van der Waals surface area (Å²) in [5.41, 5.74) is 2.10. The Bertz CT molecular complexity index is 1030. The van der Waals surface area contributed by atoms with Gasteiger partial charge in [0.15, 0.2) is 0 Å². The van der Waals surface area contributed by atoms with E-state index in [0.717, 1.165) is 10.9 Å². The first kappa shape index (κ1) is 18.7. The van der Waals surface area contributed by atoms with Gasteiger partial charge >= 0.3 is 5.63 Å². The van der Waals surface area contributed by atoms with Gasteiger partial charge in [-0.3, -0.25) is 4.79 Å². The summed E-state index contributed by atoms with van der Waals surface area (Å²) in [4.78, 5) is 26.4. The molecule has 0 aliphatic carbocycles. The molecule has 1 amide bonds. The van der Waals surface area contributed by atoms with Crippen molar-refractivity contribution < 1.29 is 18.5 Å². The predicted octanol–water partition coefficient (Wildman–Crippen LogP) is 3.00. The average Bonchev–Trinajstić information content (AvgIpc) is 3.05. The van der Waals surface area contributed by atoms with E-state index in [4.69, 9.17) is 13.7 Å². The number of rotatable bonds is 6. The number of carbonyl (C=O) groups excluding carboxylic acids is 1. The molecule has 0 radical (unpaired) electrons. The van der Waals surface area contributed by atoms with E-state index in [1.807, 2.05) is 19.1 Å². The van der Waals surface area contributed by atoms with Crippen LogP contribution in [0.4, 0.5) is 0 Å². The Morgan fingerprint density at radius 1 is 1.26 bits per heavy atom. The van der Waals surface area contributed by atoms with Crippen LogP contribution >= 0.6 is 0 Å². The van der Waals surface area contributed by atoms with Crippen molar-refractivity contribution in [1.29, 1.82) is 0 Å². The van der Waals surface area contributed by atoms with Crippen molar-refractivity contribution in [1.82, 2.24) is 10.1 Å². The van der Waals surface area contributed by atoms with Gasteiger partial charge in [-0.25, -0.2) is 4.79 Å². The molecule has 2 aromatic heterocycles. The molecule has 0 N–H and O–H groups in total. The predicted molar refractivity (Wildman–Crippen MR) is 99.8 cm³/mol. The molecule has 0 spiro atoms. The Hall–Kier alpha value is -3.09. The molecule has 0 atom stereocenters. The molecule has 7 heteroatoms. The van der Waals surface area contributed by atoms with Gasteiger partial charge in [-0.1, -0.05) is 5.16 Å². The highest BCUT2D eigenvalue weighted by atomic mass is 16.5. The average molecular weight is 370 g/mol. The maximum Gasteiger partial charge on any atom is 0.339 e. The number of methoxy groups -OCH3 is 1. The van der Waals surface area contributed by atoms with Gasteiger partial charge in [0.2, 0.25) is 5.91 Å². The highest BCUT2D eigenvalue weighted by molar-refractivity contribution is 5.82. The largest absolute Gasteiger partial charge is 0.497 e. The van der Waals surface area contributed by atoms with Crippen LogP contribution in [0.25, 0.3) is 11.0 Å². The molecule has 0 fully saturated rings. The van der Waals surface area contributed by atoms with Crippen molar-refractivity contribution in [3.05, 3.63) is 57.3 Å². The molecule has 3 rings (SSSR count). The molecule has 0 saturated heterocycles. The van der Waals surface area contributed by atoms with E-state index in [1.165, 1.54) is 0 Å². The van der Waals surface area contributed by atoms with Crippen LogP contribution < -0.4 is 10.4 Å². The molecule has 3 aromatic rings. The minimum atomic E-state index is -0.421. The van der Waals surface area contributed by atoms with Crippen LogP contribution in [0, 0.1) is 13.8 Å². The number of ether oxygens (including phenoxy) is 1. The Morgan fingerprint density at radius 3 is 2.70 bits per heavy atom. The molecule has 0 bridgehead atoms. The van der Waals surface area contributed by atoms with E-state index < -0.39 is 5.63 Å². The molecule has 7 nitrogen and oxygen atoms in total. The Morgan fingerprint density at radius 2 is 2.04 bits per heavy atom. The third-order valence-electron chi connectivity index (χ3n) is 4.59. The summed E-state index contributed by atoms with van der Waals surface area (Å²) >= 11 is 0. The number of nitrogens with zero attached hydrogens (tertiary/aromatic N) is 2. The van der Waals surface area contributed by atoms with Gasteiger partial charge in [0, 0.05) is 36.6 Å². The lowest BCUT2D eigenvalue weighted by Gasteiger charge is -2.16. The second kappa shape index (κ2) is 7.65. The topological polar surface area (TPSA) is 85.8 Å². The molecular weight excluding hydrogens is 348 g/mol. The van der Waals surface area contributed by atoms with Gasteiger partial charge < -0.3 is 18.6 Å². The van der Waals surface area contributed by atoms with Crippen LogP contribution in [-0.4, -0.2) is 30.1 Å². The summed E-state index contributed by atoms with van der Waals surface area (Å²) in [6.07, 6.45) is 0.526. The highest BCUT2D eigenvalue weighted by Crippen LogP contribution is 2.24. The maximum atomic E-state index is 12.4. The van der Waals surface area contributed by atoms with Crippen molar-refractivity contribution in [2.45, 2.75) is 33.2 Å². The summed E-state index contributed by atoms with van der Waals surface area (Å²) in [7, 11) is 3.26. The van der Waals surface area contributed by atoms with E-state index in [9.17, 15) is 9.59 Å². The van der Waals surface area contributed by atoms with Crippen LogP contribution in [0.15, 0.2) is 38.0 Å². The summed E-state index contributed by atoms with van der Waals surface area (Å²) in [5.74, 6) is 1.24. The fourth-order valence-corrected chi connectivity index (χ4v) is 3.04. The number of benzene rings is 1. The van der Waals surface area contributed by atoms with E-state index in [0.29, 0.717) is 41.3 Å². The van der Waals surface area contributed by atoms with E-state index in [2.05, 4.69) is 5.16 Å². The molecule has 142 valence electrons. The van der Waals surface area contributed by atoms with Gasteiger partial charge in [-0.2, -0.15) is 0 Å². The summed E-state index contributed by atoms with van der Waals surface area (Å²) in [5, 5.41) is 4.73. The van der Waals surface area contributed by atoms with Crippen LogP contribution in [0.5, 0.6) is 5.75 Å². The third-order valence-corrected chi connectivity index (χ3v) is 4.59. The smallest absolute Gasteiger partial charge is 0.339 e. The summed E-state index contributed by atoms with van der Waals surface area (Å²) in [6, 6.07) is 7.15. The molecule has 27 heavy (non-hydrogen) atoms. The Labute approximate surface area is 156 Å². The monoisotopic (exact) mass is 370 g/mol. The van der Waals surface area contributed by atoms with E-state index in [1.54, 1.807) is 38.1 Å². The molecule has 1 aromatic carbocycles. The molecule has 0 aliphatic rings. The van der Waals surface area contributed by atoms with Crippen LogP contribution in [-0.2, 0) is 17.8 Å². The zero-order valence-corrected chi connectivity index (χ0v) is 15.9. The number of hydrogen-bond acceptors (Lipinski definition) is 6. The van der Waals surface area contributed by atoms with Crippen molar-refractivity contribution >= 4 is 16.9 Å². The first-order valence-corrected chi connectivity index (χ1v) is 8.65. The van der Waals surface area contributed by atoms with Gasteiger partial charge in [-0.15, -0.1) is 0 Å². The SMILES string of the molecule is COc1ccc2c(C)c(CCC(=O)N(C)Cc3cc(C)on3)c(=O)oc2c1. The second-order valence-corrected chi connectivity index (χ2v) is 6.53. The van der Waals surface area contributed by atoms with E-state index in [-0.39, 0.29) is 12.3 Å². The zero-order chi connectivity index (χ0) is 19.6. The van der Waals surface area contributed by atoms with Gasteiger partial charge in [0.1, 0.15) is 22.8 Å². The first-order valence-electron chi connectivity index (χ1n) is 8.65. The number of hydrogen-bond donors (Lipinski definition) is 0. The molecule has 2 heterocycles. The van der Waals surface area contributed by atoms with E-state index >= 15 is 0 Å². The van der Waals surface area contributed by atoms with Crippen LogP contribution in [0.1, 0.15) is 29.0 Å². The molecule has 0 saturated carbocycles. The maximum absolute atomic E-state index is 12.4. The molecule has 0 aliphatic heterocycles. The minimum absolute atomic E-state index is 0.0794. The fraction of sp³-hybridized carbons (Fsp3) is 0.350. The second-order valence-electron chi connectivity index (χ2n) is 6.53. The summed E-state index contributed by atoms with van der Waals surface area (Å²) < 4.78 is 15.6. The normalized spacial score (nSPS) is 11.0. The number of fused-ring (bicyclic) bond motifs is 1. The fourth-order valence-electron chi connectivity index (χ4n) is 3.04. The molecule has 0 unspecified atom stereocenters. The van der Waals surface area contributed by atoms with Gasteiger partial charge in [0.05, 0.1) is 13.7 Å². The lowest BCUT2D eigenvalue weighted by atomic mass is 10.0. The van der Waals surface area contributed by atoms with Crippen LogP contribution in [0.3, 0.4) is 0 Å². The first-order chi connectivity index (χ1) is 12.9. The van der Waals surface area contributed by atoms with Crippen molar-refractivity contribution in [3.63, 3.8) is 0 Å². The quantitative estimate of drug-likeness (QED) is 0.620. The van der Waals surface area contributed by atoms with Gasteiger partial charge in [0.25, 0.3) is 0 Å². The lowest BCUT2D eigenvalue weighted by Crippen LogP contribution is -2.27. The van der Waals surface area contributed by atoms with Crippen LogP contribution in [0.2, 0.25) is 0 Å². The Kier molecular flexibility index (Phi) is 5.30. The lowest BCUT2D eigenvalue weighted by molar-refractivity contribution is -0.130. The highest BCUT2D eigenvalue weighted by Gasteiger charge is 2.16. The molecular formula is C20H22N2O5. The number of amides is 1. The zero-order valence-electron chi connectivity index (χ0n) is 15.9. The van der Waals surface area contributed by atoms with Gasteiger partial charge in [-0.05, 0) is 38.0 Å². The van der Waals surface area contributed by atoms with Crippen molar-refractivity contribution in [3.8, 4) is 5.75 Å². The van der Waals surface area contributed by atoms with Crippen molar-refractivity contribution in [2.75, 3.05) is 14.2 Å². The number of aryl methyl sites for hydroxylation is 2. The third kappa shape index (κ3) is 4.02. The summed E-state index contributed by atoms with van der Waals surface area (Å²) in [6.45, 7) is 4.03. The number of aromatic nitrogens is 1. The standard InChI is InChI=1S/C20H22N2O5/c1-12-9-14(21-27-12)11-22(3)19(23)8-7-17-13(2)16-6-5-15(25-4)10-18(16)26-20(17)24/h5-6,9-10H,7-8,11H2,1-4H3. The van der Waals surface area contributed by atoms with Crippen molar-refractivity contribution in [2.24, 2.45) is 0 Å². The minimum Gasteiger partial charge on any atom is -0.497 e. The Balaban J connectivity index is 1.74.